The van der Waals surface area contributed by atoms with Gasteiger partial charge in [-0.15, -0.1) is 0 Å². The lowest BCUT2D eigenvalue weighted by atomic mass is 10.2. The number of aromatic nitrogens is 2. The molecule has 0 aliphatic heterocycles. The van der Waals surface area contributed by atoms with Crippen LogP contribution in [-0.4, -0.2) is 15.9 Å². The molecule has 0 fully saturated rings. The lowest BCUT2D eigenvalue weighted by molar-refractivity contribution is 0.0950. The smallest absolute Gasteiger partial charge is 0.253 e. The fourth-order valence-corrected chi connectivity index (χ4v) is 1.29. The average Bonchev–Trinajstić information content (AvgIpc) is 2.38. The number of rotatable bonds is 3. The van der Waals surface area contributed by atoms with Gasteiger partial charge in [-0.25, -0.2) is 4.98 Å². The van der Waals surface area contributed by atoms with E-state index in [4.69, 9.17) is 0 Å². The van der Waals surface area contributed by atoms with Crippen molar-refractivity contribution in [3.63, 3.8) is 0 Å². The van der Waals surface area contributed by atoms with Crippen LogP contribution in [0.25, 0.3) is 0 Å². The Bertz CT molecular complexity index is 499. The number of carbonyl (C=O) groups is 1. The van der Waals surface area contributed by atoms with Crippen molar-refractivity contribution in [2.24, 2.45) is 0 Å². The highest BCUT2D eigenvalue weighted by molar-refractivity contribution is 5.93. The highest BCUT2D eigenvalue weighted by Crippen LogP contribution is 2.00. The fourth-order valence-electron chi connectivity index (χ4n) is 1.29. The van der Waals surface area contributed by atoms with Crippen molar-refractivity contribution < 1.29 is 9.18 Å². The molecule has 0 unspecified atom stereocenters. The van der Waals surface area contributed by atoms with E-state index in [0.29, 0.717) is 12.1 Å². The highest BCUT2D eigenvalue weighted by Gasteiger charge is 2.05. The lowest BCUT2D eigenvalue weighted by Crippen LogP contribution is -2.23. The maximum atomic E-state index is 12.5. The minimum atomic E-state index is -0.605. The second-order valence-electron chi connectivity index (χ2n) is 3.37. The van der Waals surface area contributed by atoms with Crippen LogP contribution in [0.1, 0.15) is 16.1 Å². The molecule has 0 spiro atoms. The summed E-state index contributed by atoms with van der Waals surface area (Å²) in [5.74, 6) is -0.908. The van der Waals surface area contributed by atoms with E-state index in [0.717, 1.165) is 11.8 Å². The van der Waals surface area contributed by atoms with Crippen LogP contribution in [0.5, 0.6) is 0 Å². The van der Waals surface area contributed by atoms with Gasteiger partial charge in [0.25, 0.3) is 5.91 Å². The van der Waals surface area contributed by atoms with E-state index < -0.39 is 5.95 Å². The Labute approximate surface area is 97.5 Å². The first kappa shape index (κ1) is 11.2. The van der Waals surface area contributed by atoms with Crippen LogP contribution < -0.4 is 5.32 Å². The number of halogens is 1. The van der Waals surface area contributed by atoms with Crippen molar-refractivity contribution in [1.29, 1.82) is 0 Å². The topological polar surface area (TPSA) is 54.9 Å². The van der Waals surface area contributed by atoms with E-state index in [1.807, 2.05) is 12.1 Å². The molecule has 0 aliphatic rings. The number of hydrogen-bond acceptors (Lipinski definition) is 3. The molecular weight excluding hydrogens is 221 g/mol. The average molecular weight is 231 g/mol. The van der Waals surface area contributed by atoms with Crippen molar-refractivity contribution in [3.8, 4) is 0 Å². The summed E-state index contributed by atoms with van der Waals surface area (Å²) in [7, 11) is 0. The Balaban J connectivity index is 1.96. The first-order chi connectivity index (χ1) is 8.25. The van der Waals surface area contributed by atoms with E-state index in [-0.39, 0.29) is 5.91 Å². The molecule has 5 heteroatoms. The molecule has 0 saturated carbocycles. The first-order valence-electron chi connectivity index (χ1n) is 5.05. The third-order valence-electron chi connectivity index (χ3n) is 2.15. The van der Waals surface area contributed by atoms with Crippen LogP contribution in [0.2, 0.25) is 0 Å². The van der Waals surface area contributed by atoms with Crippen LogP contribution in [-0.2, 0) is 6.54 Å². The lowest BCUT2D eigenvalue weighted by Gasteiger charge is -2.04. The molecule has 2 heterocycles. The van der Waals surface area contributed by atoms with E-state index in [9.17, 15) is 9.18 Å². The van der Waals surface area contributed by atoms with Gasteiger partial charge >= 0.3 is 0 Å². The SMILES string of the molecule is O=C(NCc1ccccn1)c1ccc(F)nc1. The normalized spacial score (nSPS) is 9.94. The molecule has 2 aromatic heterocycles. The Morgan fingerprint density at radius 2 is 2.12 bits per heavy atom. The minimum absolute atomic E-state index is 0.303. The molecule has 1 amide bonds. The highest BCUT2D eigenvalue weighted by atomic mass is 19.1. The fraction of sp³-hybridized carbons (Fsp3) is 0.0833. The van der Waals surface area contributed by atoms with Crippen molar-refractivity contribution >= 4 is 5.91 Å². The number of carbonyl (C=O) groups excluding carboxylic acids is 1. The van der Waals surface area contributed by atoms with Gasteiger partial charge in [0, 0.05) is 12.4 Å². The van der Waals surface area contributed by atoms with E-state index >= 15 is 0 Å². The number of amides is 1. The van der Waals surface area contributed by atoms with Gasteiger partial charge in [0.2, 0.25) is 5.95 Å². The van der Waals surface area contributed by atoms with Gasteiger partial charge < -0.3 is 5.32 Å². The maximum Gasteiger partial charge on any atom is 0.253 e. The first-order valence-corrected chi connectivity index (χ1v) is 5.05. The molecule has 0 saturated heterocycles. The molecule has 86 valence electrons. The summed E-state index contributed by atoms with van der Waals surface area (Å²) in [6.45, 7) is 0.330. The number of pyridine rings is 2. The summed E-state index contributed by atoms with van der Waals surface area (Å²) in [5, 5.41) is 2.67. The standard InChI is InChI=1S/C12H10FN3O/c13-11-5-4-9(7-15-11)12(17)16-8-10-3-1-2-6-14-10/h1-7H,8H2,(H,16,17). The van der Waals surface area contributed by atoms with E-state index in [1.54, 1.807) is 12.3 Å². The molecule has 0 aliphatic carbocycles. The number of nitrogens with zero attached hydrogens (tertiary/aromatic N) is 2. The third kappa shape index (κ3) is 3.07. The van der Waals surface area contributed by atoms with Crippen molar-refractivity contribution in [3.05, 3.63) is 59.9 Å². The summed E-state index contributed by atoms with van der Waals surface area (Å²) < 4.78 is 12.5. The summed E-state index contributed by atoms with van der Waals surface area (Å²) in [6.07, 6.45) is 2.85. The van der Waals surface area contributed by atoms with Crippen molar-refractivity contribution in [1.82, 2.24) is 15.3 Å². The monoisotopic (exact) mass is 231 g/mol. The third-order valence-corrected chi connectivity index (χ3v) is 2.15. The van der Waals surface area contributed by atoms with Gasteiger partial charge in [0.1, 0.15) is 0 Å². The largest absolute Gasteiger partial charge is 0.346 e. The zero-order chi connectivity index (χ0) is 12.1. The molecule has 0 atom stereocenters. The maximum absolute atomic E-state index is 12.5. The van der Waals surface area contributed by atoms with Crippen LogP contribution in [0.3, 0.4) is 0 Å². The summed E-state index contributed by atoms with van der Waals surface area (Å²) in [5.41, 5.74) is 1.08. The van der Waals surface area contributed by atoms with Crippen LogP contribution in [0, 0.1) is 5.95 Å². The Kier molecular flexibility index (Phi) is 3.40. The van der Waals surface area contributed by atoms with Gasteiger partial charge in [-0.3, -0.25) is 9.78 Å². The quantitative estimate of drug-likeness (QED) is 0.815. The molecule has 0 bridgehead atoms. The second kappa shape index (κ2) is 5.16. The van der Waals surface area contributed by atoms with Crippen molar-refractivity contribution in [2.45, 2.75) is 6.54 Å². The predicted molar refractivity (Wildman–Crippen MR) is 59.6 cm³/mol. The molecular formula is C12H10FN3O. The van der Waals surface area contributed by atoms with Crippen LogP contribution >= 0.6 is 0 Å². The Morgan fingerprint density at radius 3 is 2.76 bits per heavy atom. The Morgan fingerprint density at radius 1 is 1.24 bits per heavy atom. The van der Waals surface area contributed by atoms with E-state index in [2.05, 4.69) is 15.3 Å². The molecule has 0 aromatic carbocycles. The van der Waals surface area contributed by atoms with Gasteiger partial charge in [0.15, 0.2) is 0 Å². The zero-order valence-electron chi connectivity index (χ0n) is 8.93. The Hall–Kier alpha value is -2.30. The molecule has 2 aromatic rings. The molecule has 4 nitrogen and oxygen atoms in total. The number of hydrogen-bond donors (Lipinski definition) is 1. The summed E-state index contributed by atoms with van der Waals surface area (Å²) in [4.78, 5) is 19.1. The second-order valence-corrected chi connectivity index (χ2v) is 3.37. The van der Waals surface area contributed by atoms with Gasteiger partial charge in [-0.2, -0.15) is 4.39 Å². The number of nitrogens with one attached hydrogen (secondary N) is 1. The van der Waals surface area contributed by atoms with E-state index in [1.165, 1.54) is 12.3 Å². The van der Waals surface area contributed by atoms with Gasteiger partial charge in [-0.1, -0.05) is 6.07 Å². The molecule has 17 heavy (non-hydrogen) atoms. The molecule has 1 N–H and O–H groups in total. The van der Waals surface area contributed by atoms with Gasteiger partial charge in [0.05, 0.1) is 17.8 Å². The summed E-state index contributed by atoms with van der Waals surface area (Å²) in [6, 6.07) is 7.98. The molecule has 2 rings (SSSR count). The minimum Gasteiger partial charge on any atom is -0.346 e. The zero-order valence-corrected chi connectivity index (χ0v) is 8.93. The van der Waals surface area contributed by atoms with Gasteiger partial charge in [-0.05, 0) is 24.3 Å². The predicted octanol–water partition coefficient (Wildman–Crippen LogP) is 1.55. The molecule has 0 radical (unpaired) electrons. The van der Waals surface area contributed by atoms with Crippen molar-refractivity contribution in [2.75, 3.05) is 0 Å². The van der Waals surface area contributed by atoms with Crippen LogP contribution in [0.4, 0.5) is 4.39 Å². The summed E-state index contributed by atoms with van der Waals surface area (Å²) >= 11 is 0. The van der Waals surface area contributed by atoms with Crippen LogP contribution in [0.15, 0.2) is 42.7 Å².